The maximum atomic E-state index is 12.2. The van der Waals surface area contributed by atoms with Crippen LogP contribution in [0.3, 0.4) is 0 Å². The first kappa shape index (κ1) is 9.11. The molecule has 0 saturated heterocycles. The van der Waals surface area contributed by atoms with Crippen molar-refractivity contribution in [3.05, 3.63) is 0 Å². The topological polar surface area (TPSA) is 3.24 Å². The summed E-state index contributed by atoms with van der Waals surface area (Å²) in [5, 5.41) is 0. The first-order valence-corrected chi connectivity index (χ1v) is 4.58. The standard InChI is InChI=1S/C6H16FNSi/c1-5(2)8(9-7)6(3)4/h5-6H,9H2,1-4H3. The van der Waals surface area contributed by atoms with Crippen molar-refractivity contribution in [3.63, 3.8) is 0 Å². The summed E-state index contributed by atoms with van der Waals surface area (Å²) in [4.78, 5) is 0. The van der Waals surface area contributed by atoms with Gasteiger partial charge < -0.3 is 4.11 Å². The summed E-state index contributed by atoms with van der Waals surface area (Å²) >= 11 is 0. The highest BCUT2D eigenvalue weighted by Gasteiger charge is 2.11. The van der Waals surface area contributed by atoms with Crippen LogP contribution >= 0.6 is 0 Å². The molecule has 9 heavy (non-hydrogen) atoms. The van der Waals surface area contributed by atoms with Gasteiger partial charge in [0, 0.05) is 0 Å². The second kappa shape index (κ2) is 4.01. The van der Waals surface area contributed by atoms with Gasteiger partial charge in [-0.25, -0.2) is 0 Å². The first-order valence-electron chi connectivity index (χ1n) is 3.41. The summed E-state index contributed by atoms with van der Waals surface area (Å²) in [5.41, 5.74) is 0. The zero-order valence-corrected chi connectivity index (χ0v) is 8.10. The van der Waals surface area contributed by atoms with Crippen LogP contribution in [0.25, 0.3) is 0 Å². The molecule has 0 spiro atoms. The molecule has 0 atom stereocenters. The van der Waals surface area contributed by atoms with E-state index in [0.717, 1.165) is 0 Å². The van der Waals surface area contributed by atoms with E-state index >= 15 is 0 Å². The minimum atomic E-state index is -1.43. The SMILES string of the molecule is CC(C)N([SiH2]F)C(C)C. The Morgan fingerprint density at radius 1 is 1.11 bits per heavy atom. The monoisotopic (exact) mass is 149 g/mol. The summed E-state index contributed by atoms with van der Waals surface area (Å²) in [6.45, 7) is 8.14. The molecule has 0 aliphatic rings. The maximum absolute atomic E-state index is 12.2. The third-order valence-corrected chi connectivity index (χ3v) is 3.20. The van der Waals surface area contributed by atoms with Gasteiger partial charge in [-0.05, 0) is 12.1 Å². The molecule has 0 radical (unpaired) electrons. The third kappa shape index (κ3) is 2.96. The van der Waals surface area contributed by atoms with Crippen LogP contribution in [0.4, 0.5) is 4.11 Å². The summed E-state index contributed by atoms with van der Waals surface area (Å²) in [6.07, 6.45) is 0. The van der Waals surface area contributed by atoms with Crippen molar-refractivity contribution >= 4 is 10.0 Å². The van der Waals surface area contributed by atoms with Crippen molar-refractivity contribution in [2.24, 2.45) is 0 Å². The Morgan fingerprint density at radius 3 is 1.44 bits per heavy atom. The van der Waals surface area contributed by atoms with Crippen LogP contribution in [0, 0.1) is 0 Å². The summed E-state index contributed by atoms with van der Waals surface area (Å²) in [5.74, 6) is 0. The number of rotatable bonds is 3. The summed E-state index contributed by atoms with van der Waals surface area (Å²) in [6, 6.07) is 0.753. The Bertz CT molecular complexity index is 67.5. The Kier molecular flexibility index (Phi) is 4.06. The second-order valence-corrected chi connectivity index (χ2v) is 3.79. The molecule has 0 aliphatic heterocycles. The highest BCUT2D eigenvalue weighted by atomic mass is 28.3. The summed E-state index contributed by atoms with van der Waals surface area (Å²) < 4.78 is 14.2. The molecule has 56 valence electrons. The first-order chi connectivity index (χ1) is 4.09. The molecule has 1 nitrogen and oxygen atoms in total. The molecule has 0 amide bonds. The Labute approximate surface area is 59.3 Å². The Morgan fingerprint density at radius 2 is 1.44 bits per heavy atom. The Balaban J connectivity index is 3.68. The molecule has 0 fully saturated rings. The average Bonchev–Trinajstić information content (AvgIpc) is 1.64. The van der Waals surface area contributed by atoms with E-state index < -0.39 is 10.0 Å². The quantitative estimate of drug-likeness (QED) is 0.428. The normalized spacial score (nSPS) is 13.3. The van der Waals surface area contributed by atoms with Crippen molar-refractivity contribution in [3.8, 4) is 0 Å². The van der Waals surface area contributed by atoms with Crippen molar-refractivity contribution in [1.82, 2.24) is 4.57 Å². The zero-order valence-electron chi connectivity index (χ0n) is 6.69. The lowest BCUT2D eigenvalue weighted by Crippen LogP contribution is -2.38. The van der Waals surface area contributed by atoms with Gasteiger partial charge in [-0.15, -0.1) is 0 Å². The van der Waals surface area contributed by atoms with E-state index in [-0.39, 0.29) is 0 Å². The van der Waals surface area contributed by atoms with Crippen LogP contribution in [-0.4, -0.2) is 26.7 Å². The van der Waals surface area contributed by atoms with Gasteiger partial charge in [0.05, 0.1) is 0 Å². The van der Waals surface area contributed by atoms with E-state index in [9.17, 15) is 4.11 Å². The molecule has 3 heteroatoms. The molecule has 0 aromatic carbocycles. The van der Waals surface area contributed by atoms with Crippen molar-refractivity contribution < 1.29 is 4.11 Å². The van der Waals surface area contributed by atoms with Crippen LogP contribution in [0.15, 0.2) is 0 Å². The number of halogens is 1. The number of hydrogen-bond donors (Lipinski definition) is 0. The fraction of sp³-hybridized carbons (Fsp3) is 1.00. The predicted molar refractivity (Wildman–Crippen MR) is 41.8 cm³/mol. The van der Waals surface area contributed by atoms with Gasteiger partial charge in [-0.2, -0.15) is 0 Å². The largest absolute Gasteiger partial charge is 0.302 e. The lowest BCUT2D eigenvalue weighted by Gasteiger charge is -2.26. The minimum Gasteiger partial charge on any atom is -0.302 e. The smallest absolute Gasteiger partial charge is 0.292 e. The molecule has 0 saturated carbocycles. The van der Waals surface area contributed by atoms with Crippen LogP contribution in [-0.2, 0) is 0 Å². The van der Waals surface area contributed by atoms with Crippen LogP contribution in [0.1, 0.15) is 27.7 Å². The molecular weight excluding hydrogens is 133 g/mol. The van der Waals surface area contributed by atoms with Gasteiger partial charge in [0.2, 0.25) is 0 Å². The predicted octanol–water partition coefficient (Wildman–Crippen LogP) is 1.07. The van der Waals surface area contributed by atoms with E-state index in [2.05, 4.69) is 0 Å². The summed E-state index contributed by atoms with van der Waals surface area (Å²) in [7, 11) is -1.43. The van der Waals surface area contributed by atoms with Crippen LogP contribution in [0.2, 0.25) is 0 Å². The molecule has 0 rings (SSSR count). The Hall–Kier alpha value is 0.107. The number of nitrogens with zero attached hydrogens (tertiary/aromatic N) is 1. The average molecular weight is 149 g/mol. The fourth-order valence-electron chi connectivity index (χ4n) is 0.872. The van der Waals surface area contributed by atoms with Crippen LogP contribution in [0.5, 0.6) is 0 Å². The molecule has 0 aromatic heterocycles. The van der Waals surface area contributed by atoms with E-state index in [0.29, 0.717) is 12.1 Å². The zero-order chi connectivity index (χ0) is 7.44. The molecule has 0 N–H and O–H groups in total. The third-order valence-electron chi connectivity index (χ3n) is 1.46. The van der Waals surface area contributed by atoms with Gasteiger partial charge in [-0.1, -0.05) is 27.7 Å². The molecule has 0 unspecified atom stereocenters. The maximum Gasteiger partial charge on any atom is 0.292 e. The van der Waals surface area contributed by atoms with Gasteiger partial charge in [0.25, 0.3) is 10.0 Å². The van der Waals surface area contributed by atoms with Crippen LogP contribution < -0.4 is 0 Å². The van der Waals surface area contributed by atoms with Gasteiger partial charge in [0.1, 0.15) is 0 Å². The van der Waals surface area contributed by atoms with E-state index in [1.807, 2.05) is 32.3 Å². The molecule has 0 heterocycles. The van der Waals surface area contributed by atoms with E-state index in [1.165, 1.54) is 0 Å². The van der Waals surface area contributed by atoms with Crippen molar-refractivity contribution in [1.29, 1.82) is 0 Å². The number of hydrogen-bond acceptors (Lipinski definition) is 1. The molecule has 0 aromatic rings. The van der Waals surface area contributed by atoms with Crippen molar-refractivity contribution in [2.45, 2.75) is 39.8 Å². The highest BCUT2D eigenvalue weighted by Crippen LogP contribution is 2.01. The molecule has 0 bridgehead atoms. The van der Waals surface area contributed by atoms with Gasteiger partial charge in [0.15, 0.2) is 0 Å². The lowest BCUT2D eigenvalue weighted by molar-refractivity contribution is 0.297. The minimum absolute atomic E-state index is 0.377. The van der Waals surface area contributed by atoms with Gasteiger partial charge in [-0.3, -0.25) is 4.57 Å². The fourth-order valence-corrected chi connectivity index (χ4v) is 1.42. The van der Waals surface area contributed by atoms with Gasteiger partial charge >= 0.3 is 0 Å². The highest BCUT2D eigenvalue weighted by molar-refractivity contribution is 6.22. The lowest BCUT2D eigenvalue weighted by atomic mass is 10.3. The van der Waals surface area contributed by atoms with Crippen molar-refractivity contribution in [2.75, 3.05) is 0 Å². The molecule has 0 aliphatic carbocycles. The van der Waals surface area contributed by atoms with E-state index in [4.69, 9.17) is 0 Å². The van der Waals surface area contributed by atoms with E-state index in [1.54, 1.807) is 0 Å². The molecular formula is C6H16FNSi. The second-order valence-electron chi connectivity index (χ2n) is 2.82.